The Morgan fingerprint density at radius 3 is 0.946 bits per heavy atom. The molecule has 0 N–H and O–H groups in total. The lowest BCUT2D eigenvalue weighted by Gasteiger charge is -2.46. The summed E-state index contributed by atoms with van der Waals surface area (Å²) in [5.74, 6) is 0. The van der Waals surface area contributed by atoms with E-state index in [-0.39, 0.29) is 55.0 Å². The lowest BCUT2D eigenvalue weighted by molar-refractivity contribution is 1.17. The quantitative estimate of drug-likeness (QED) is 0.106. The lowest BCUT2D eigenvalue weighted by Crippen LogP contribution is -2.61. The van der Waals surface area contributed by atoms with Crippen LogP contribution in [0.4, 0.5) is 34.1 Å². The molecule has 0 bridgehead atoms. The van der Waals surface area contributed by atoms with Crippen LogP contribution in [0.2, 0.25) is 0 Å². The van der Waals surface area contributed by atoms with Crippen LogP contribution in [0, 0.1) is 13.8 Å². The molecule has 0 radical (unpaired) electrons. The minimum atomic E-state index is -0.900. The second-order valence-electron chi connectivity index (χ2n) is 35.0. The molecule has 1 aliphatic carbocycles. The van der Waals surface area contributed by atoms with Crippen LogP contribution in [0.1, 0.15) is 44.2 Å². The highest BCUT2D eigenvalue weighted by Gasteiger charge is 2.47. The van der Waals surface area contributed by atoms with Gasteiger partial charge in [0, 0.05) is 77.9 Å². The largest absolute Gasteiger partial charge is 0.310 e. The van der Waals surface area contributed by atoms with Crippen molar-refractivity contribution in [2.24, 2.45) is 0 Å². The molecule has 28 rings (SSSR count). The fourth-order valence-corrected chi connectivity index (χ4v) is 22.5. The van der Waals surface area contributed by atoms with E-state index in [1.165, 1.54) is 5.56 Å². The molecule has 0 amide bonds. The number of nitrogens with zero attached hydrogens (tertiary/aromatic N) is 4. The fourth-order valence-electron chi connectivity index (χ4n) is 22.5. The number of para-hydroxylation sites is 4. The minimum Gasteiger partial charge on any atom is -0.310 e. The van der Waals surface area contributed by atoms with Crippen LogP contribution in [-0.4, -0.2) is 15.8 Å². The molecule has 130 heavy (non-hydrogen) atoms. The molecule has 25 aromatic rings. The molecule has 0 unspecified atom stereocenters. The predicted octanol–water partition coefficient (Wildman–Crippen LogP) is 31.7. The van der Waals surface area contributed by atoms with Gasteiger partial charge in [-0.1, -0.05) is 339 Å². The highest BCUT2D eigenvalue weighted by atomic mass is 15.2. The van der Waals surface area contributed by atoms with Crippen molar-refractivity contribution in [2.45, 2.75) is 20.3 Å². The summed E-state index contributed by atoms with van der Waals surface area (Å²) in [6.07, 6.45) is 0.700. The van der Waals surface area contributed by atoms with Crippen LogP contribution in [0.3, 0.4) is 0 Å². The van der Waals surface area contributed by atoms with Crippen LogP contribution in [0.5, 0.6) is 0 Å². The zero-order valence-electron chi connectivity index (χ0n) is 86.3. The van der Waals surface area contributed by atoms with E-state index in [0.717, 1.165) is 186 Å². The number of aryl methyl sites for hydroxylation is 2. The van der Waals surface area contributed by atoms with Crippen molar-refractivity contribution in [3.63, 3.8) is 0 Å². The van der Waals surface area contributed by atoms with Crippen LogP contribution in [-0.2, 0) is 6.42 Å². The maximum Gasteiger partial charge on any atom is 0.252 e. The van der Waals surface area contributed by atoms with Gasteiger partial charge in [-0.2, -0.15) is 0 Å². The van der Waals surface area contributed by atoms with E-state index in [9.17, 15) is 21.9 Å². The molecule has 0 spiro atoms. The van der Waals surface area contributed by atoms with Gasteiger partial charge >= 0.3 is 0 Å². The summed E-state index contributed by atoms with van der Waals surface area (Å²) in [5, 5.41) is 15.7. The lowest BCUT2D eigenvalue weighted by atomic mass is 9.33. The maximum atomic E-state index is 10.2. The summed E-state index contributed by atoms with van der Waals surface area (Å²) in [5.41, 5.74) is 21.4. The first-order valence-electron chi connectivity index (χ1n) is 52.2. The number of hydrogen-bond donors (Lipinski definition) is 0. The third-order valence-corrected chi connectivity index (χ3v) is 27.9. The Morgan fingerprint density at radius 2 is 0.562 bits per heavy atom. The Kier molecular flexibility index (Phi) is 12.6. The van der Waals surface area contributed by atoms with Crippen molar-refractivity contribution in [3.8, 4) is 78.1 Å². The van der Waals surface area contributed by atoms with Crippen molar-refractivity contribution in [2.75, 3.05) is 9.80 Å². The summed E-state index contributed by atoms with van der Waals surface area (Å²) in [6, 6.07) is 110. The number of anilines is 6. The topological polar surface area (TPSA) is 16.3 Å². The van der Waals surface area contributed by atoms with Crippen LogP contribution in [0.25, 0.3) is 208 Å². The third kappa shape index (κ3) is 10.6. The van der Waals surface area contributed by atoms with Crippen molar-refractivity contribution in [1.29, 1.82) is 0 Å². The standard InChI is InChI=1S/C125H79BN4/c1-75-65-105(100-43-21-30-81-55-51-77-25-3-9-35-92(77)119(81)100)124(106(66-75)101-44-22-31-82-56-52-78-26-4-10-36-93(78)120(82)101)129-115-73-89(127-111-47-17-13-39-96(111)97-40-14-18-48-112(97)127)61-63-109(115)126-110-64-62-90(128-113-49-19-15-41-98(113)99-42-16-20-50-114(99)128)74-116(110)130(118-72-88(71-117(129)123(118)126)85-59-60-87-69-86-29-7-8-34-91(86)104(87)70-85)125-107(102-45-23-32-83-57-53-79-27-5-11-37-94(79)121(83)102)67-76(2)68-108(125)103-46-24-33-84-58-54-80-28-6-12-38-95(80)122(84)103/h3-68,70-74H,69H2,1-2H3/i13D,14D,15D,16D,17D,18D,19D,20D,39D,40D,41D,42D,47D,48D,49D,50D. The summed E-state index contributed by atoms with van der Waals surface area (Å²) in [7, 11) is 0. The number of aromatic nitrogens is 2. The van der Waals surface area contributed by atoms with Crippen molar-refractivity contribution >= 4 is 187 Å². The van der Waals surface area contributed by atoms with Crippen LogP contribution in [0.15, 0.2) is 430 Å². The average molecular weight is 1660 g/mol. The molecule has 602 valence electrons. The summed E-state index contributed by atoms with van der Waals surface area (Å²) >= 11 is 0. The minimum absolute atomic E-state index is 0.0699. The van der Waals surface area contributed by atoms with Gasteiger partial charge in [-0.3, -0.25) is 0 Å². The van der Waals surface area contributed by atoms with Gasteiger partial charge in [-0.15, -0.1) is 0 Å². The van der Waals surface area contributed by atoms with E-state index in [1.54, 1.807) is 9.13 Å². The summed E-state index contributed by atoms with van der Waals surface area (Å²) in [6.45, 7) is 3.41. The first kappa shape index (κ1) is 58.6. The van der Waals surface area contributed by atoms with Crippen LogP contribution < -0.4 is 26.2 Å². The Hall–Kier alpha value is -16.6. The Balaban J connectivity index is 0.875. The molecule has 4 heterocycles. The van der Waals surface area contributed by atoms with Crippen molar-refractivity contribution < 1.29 is 21.9 Å². The normalized spacial score (nSPS) is 14.5. The van der Waals surface area contributed by atoms with Gasteiger partial charge in [0.15, 0.2) is 0 Å². The van der Waals surface area contributed by atoms with Gasteiger partial charge in [0.2, 0.25) is 0 Å². The highest BCUT2D eigenvalue weighted by molar-refractivity contribution is 7.00. The van der Waals surface area contributed by atoms with Gasteiger partial charge in [0.1, 0.15) is 0 Å². The third-order valence-electron chi connectivity index (χ3n) is 27.9. The van der Waals surface area contributed by atoms with E-state index in [4.69, 9.17) is 0 Å². The van der Waals surface area contributed by atoms with Crippen LogP contribution >= 0.6 is 0 Å². The molecule has 0 saturated carbocycles. The Bertz CT molecular complexity index is 9390. The van der Waals surface area contributed by atoms with E-state index >= 15 is 0 Å². The van der Waals surface area contributed by atoms with E-state index < -0.39 is 103 Å². The van der Waals surface area contributed by atoms with Gasteiger partial charge in [-0.25, -0.2) is 0 Å². The monoisotopic (exact) mass is 1660 g/mol. The van der Waals surface area contributed by atoms with Gasteiger partial charge in [0.25, 0.3) is 6.71 Å². The molecular formula is C125H79BN4. The number of hydrogen-bond acceptors (Lipinski definition) is 2. The number of rotatable bonds is 9. The molecular weight excluding hydrogens is 1570 g/mol. The summed E-state index contributed by atoms with van der Waals surface area (Å²) in [4.78, 5) is 4.86. The molecule has 23 aromatic carbocycles. The van der Waals surface area contributed by atoms with E-state index in [0.29, 0.717) is 40.1 Å². The van der Waals surface area contributed by atoms with Gasteiger partial charge in [-0.05, 0) is 280 Å². The Morgan fingerprint density at radius 1 is 0.238 bits per heavy atom. The second kappa shape index (κ2) is 28.0. The molecule has 0 saturated heterocycles. The number of fused-ring (bicyclic) bond motifs is 25. The smallest absolute Gasteiger partial charge is 0.252 e. The average Bonchev–Trinajstić information content (AvgIpc) is 1.14. The molecule has 3 aliphatic rings. The molecule has 5 heteroatoms. The predicted molar refractivity (Wildman–Crippen MR) is 554 cm³/mol. The zero-order chi connectivity index (χ0) is 99.2. The molecule has 2 aromatic heterocycles. The summed E-state index contributed by atoms with van der Waals surface area (Å²) < 4.78 is 160. The Labute approximate surface area is 774 Å². The second-order valence-corrected chi connectivity index (χ2v) is 35.0. The molecule has 0 atom stereocenters. The van der Waals surface area contributed by atoms with Crippen molar-refractivity contribution in [3.05, 3.63) is 453 Å². The molecule has 4 nitrogen and oxygen atoms in total. The van der Waals surface area contributed by atoms with Crippen molar-refractivity contribution in [1.82, 2.24) is 9.13 Å². The van der Waals surface area contributed by atoms with Gasteiger partial charge < -0.3 is 18.9 Å². The maximum absolute atomic E-state index is 10.2. The zero-order valence-corrected chi connectivity index (χ0v) is 70.3. The van der Waals surface area contributed by atoms with E-state index in [2.05, 4.69) is 333 Å². The first-order chi connectivity index (χ1) is 71.0. The highest BCUT2D eigenvalue weighted by Crippen LogP contribution is 2.58. The molecule has 2 aliphatic heterocycles. The van der Waals surface area contributed by atoms with E-state index in [1.807, 2.05) is 24.3 Å². The SMILES string of the molecule is [2H]c1c([2H])c([2H])c2c(c1[2H])c1c([2H])c([2H])c([2H])c([2H])c1n2-c1ccc2c(c1)N(c1c(-c3cccc4ccc5ccccc5c34)cc(C)cc1-c1cccc3ccc4ccccc4c13)c1cc(-c3ccc4c(c3)-c3ccccc3C4)cc3c1B2c1ccc(-n2c4c([2H])c([2H])c([2H])c([2H])c4c4c([2H])c([2H])c([2H])c([2H])c42)cc1N3c1c(-c2cccc3ccc4ccccc4c23)cc(C)cc1-c1cccc2ccc3ccccc3c12. The first-order valence-corrected chi connectivity index (χ1v) is 44.2. The fraction of sp³-hybridized carbons (Fsp3) is 0.0240. The number of benzene rings is 23. The van der Waals surface area contributed by atoms with Gasteiger partial charge in [0.05, 0.1) is 55.4 Å². The molecule has 0 fully saturated rings.